The van der Waals surface area contributed by atoms with Crippen LogP contribution in [-0.2, 0) is 25.4 Å². The Morgan fingerprint density at radius 1 is 1.16 bits per heavy atom. The van der Waals surface area contributed by atoms with E-state index in [0.29, 0.717) is 6.54 Å². The number of hydrogen-bond donors (Lipinski definition) is 1. The fraction of sp³-hybridized carbons (Fsp3) is 0.278. The summed E-state index contributed by atoms with van der Waals surface area (Å²) < 4.78 is 2.30. The van der Waals surface area contributed by atoms with Crippen molar-refractivity contribution in [1.29, 1.82) is 0 Å². The molecule has 1 heterocycles. The molecule has 0 unspecified atom stereocenters. The van der Waals surface area contributed by atoms with E-state index in [-0.39, 0.29) is 11.5 Å². The lowest BCUT2D eigenvalue weighted by Crippen LogP contribution is -2.37. The van der Waals surface area contributed by atoms with Gasteiger partial charge in [-0.05, 0) is 23.8 Å². The molecule has 7 nitrogen and oxygen atoms in total. The monoisotopic (exact) mass is 342 g/mol. The first-order valence-corrected chi connectivity index (χ1v) is 7.78. The van der Waals surface area contributed by atoms with E-state index in [1.165, 1.54) is 30.0 Å². The highest BCUT2D eigenvalue weighted by Gasteiger charge is 2.05. The topological polar surface area (TPSA) is 76.3 Å². The Bertz CT molecular complexity index is 905. The highest BCUT2D eigenvalue weighted by molar-refractivity contribution is 5.91. The summed E-state index contributed by atoms with van der Waals surface area (Å²) in [6.07, 6.45) is 4.11. The standard InChI is InChI=1S/C18H22N4O3/c1-20(2)15-8-5-13(6-9-15)11-19-16(23)10-7-14-12-21(3)18(25)22(4)17(14)24/h5-10,12H,11H2,1-4H3,(H,19,23)/b10-7+. The zero-order chi connectivity index (χ0) is 18.6. The highest BCUT2D eigenvalue weighted by atomic mass is 16.2. The molecular formula is C18H22N4O3. The molecule has 132 valence electrons. The van der Waals surface area contributed by atoms with E-state index < -0.39 is 11.2 Å². The zero-order valence-electron chi connectivity index (χ0n) is 14.8. The Morgan fingerprint density at radius 3 is 2.40 bits per heavy atom. The first-order chi connectivity index (χ1) is 11.8. The molecule has 0 atom stereocenters. The highest BCUT2D eigenvalue weighted by Crippen LogP contribution is 2.11. The molecule has 0 fully saturated rings. The van der Waals surface area contributed by atoms with Crippen LogP contribution in [-0.4, -0.2) is 29.1 Å². The van der Waals surface area contributed by atoms with Gasteiger partial charge in [-0.3, -0.25) is 14.2 Å². The van der Waals surface area contributed by atoms with Gasteiger partial charge in [-0.1, -0.05) is 12.1 Å². The van der Waals surface area contributed by atoms with Crippen LogP contribution >= 0.6 is 0 Å². The maximum atomic E-state index is 12.0. The Hall–Kier alpha value is -3.09. The number of hydrogen-bond acceptors (Lipinski definition) is 4. The molecule has 1 aromatic heterocycles. The SMILES string of the molecule is CN(C)c1ccc(CNC(=O)/C=C/c2cn(C)c(=O)n(C)c2=O)cc1. The predicted octanol–water partition coefficient (Wildman–Crippen LogP) is 0.480. The number of amides is 1. The number of carbonyl (C=O) groups is 1. The fourth-order valence-electron chi connectivity index (χ4n) is 2.28. The number of aromatic nitrogens is 2. The molecule has 1 amide bonds. The molecule has 1 aromatic carbocycles. The van der Waals surface area contributed by atoms with Crippen molar-refractivity contribution in [3.63, 3.8) is 0 Å². The Labute approximate surface area is 145 Å². The van der Waals surface area contributed by atoms with E-state index in [1.807, 2.05) is 43.3 Å². The minimum absolute atomic E-state index is 0.273. The van der Waals surface area contributed by atoms with Gasteiger partial charge in [0, 0.05) is 52.7 Å². The third kappa shape index (κ3) is 4.47. The number of anilines is 1. The second kappa shape index (κ2) is 7.65. The number of nitrogens with zero attached hydrogens (tertiary/aromatic N) is 3. The third-order valence-corrected chi connectivity index (χ3v) is 3.81. The van der Waals surface area contributed by atoms with Crippen LogP contribution in [0.1, 0.15) is 11.1 Å². The summed E-state index contributed by atoms with van der Waals surface area (Å²) in [4.78, 5) is 37.5. The van der Waals surface area contributed by atoms with Gasteiger partial charge in [0.2, 0.25) is 5.91 Å². The second-order valence-corrected chi connectivity index (χ2v) is 5.95. The van der Waals surface area contributed by atoms with E-state index >= 15 is 0 Å². The number of carbonyl (C=O) groups excluding carboxylic acids is 1. The predicted molar refractivity (Wildman–Crippen MR) is 98.6 cm³/mol. The van der Waals surface area contributed by atoms with E-state index in [9.17, 15) is 14.4 Å². The van der Waals surface area contributed by atoms with Gasteiger partial charge < -0.3 is 14.8 Å². The smallest absolute Gasteiger partial charge is 0.330 e. The summed E-state index contributed by atoms with van der Waals surface area (Å²) in [5.41, 5.74) is 1.49. The average Bonchev–Trinajstić information content (AvgIpc) is 2.60. The summed E-state index contributed by atoms with van der Waals surface area (Å²) in [6.45, 7) is 0.391. The van der Waals surface area contributed by atoms with Gasteiger partial charge in [-0.2, -0.15) is 0 Å². The minimum Gasteiger partial charge on any atom is -0.378 e. The maximum Gasteiger partial charge on any atom is 0.330 e. The summed E-state index contributed by atoms with van der Waals surface area (Å²) in [5.74, 6) is -0.312. The molecule has 0 radical (unpaired) electrons. The van der Waals surface area contributed by atoms with Crippen LogP contribution in [0.5, 0.6) is 0 Å². The molecule has 0 aliphatic rings. The van der Waals surface area contributed by atoms with Crippen LogP contribution in [0.3, 0.4) is 0 Å². The quantitative estimate of drug-likeness (QED) is 0.802. The molecule has 2 aromatic rings. The summed E-state index contributed by atoms with van der Waals surface area (Å²) in [6, 6.07) is 7.85. The lowest BCUT2D eigenvalue weighted by atomic mass is 10.2. The molecule has 0 saturated heterocycles. The maximum absolute atomic E-state index is 12.0. The summed E-state index contributed by atoms with van der Waals surface area (Å²) in [5, 5.41) is 2.76. The molecule has 1 N–H and O–H groups in total. The van der Waals surface area contributed by atoms with Crippen LogP contribution < -0.4 is 21.5 Å². The number of benzene rings is 1. The normalized spacial score (nSPS) is 10.9. The van der Waals surface area contributed by atoms with Crippen LogP contribution in [0.15, 0.2) is 46.1 Å². The van der Waals surface area contributed by atoms with Gasteiger partial charge in [-0.15, -0.1) is 0 Å². The molecule has 25 heavy (non-hydrogen) atoms. The molecule has 7 heteroatoms. The summed E-state index contributed by atoms with van der Waals surface area (Å²) in [7, 11) is 6.88. The van der Waals surface area contributed by atoms with Gasteiger partial charge in [0.05, 0.1) is 5.56 Å². The van der Waals surface area contributed by atoms with Gasteiger partial charge in [0.15, 0.2) is 0 Å². The lowest BCUT2D eigenvalue weighted by Gasteiger charge is -2.12. The molecular weight excluding hydrogens is 320 g/mol. The van der Waals surface area contributed by atoms with Crippen molar-refractivity contribution >= 4 is 17.7 Å². The van der Waals surface area contributed by atoms with Crippen molar-refractivity contribution in [2.24, 2.45) is 14.1 Å². The average molecular weight is 342 g/mol. The van der Waals surface area contributed by atoms with Gasteiger partial charge in [0.25, 0.3) is 5.56 Å². The van der Waals surface area contributed by atoms with Crippen LogP contribution in [0.25, 0.3) is 6.08 Å². The fourth-order valence-corrected chi connectivity index (χ4v) is 2.28. The Kier molecular flexibility index (Phi) is 5.59. The molecule has 0 aliphatic heterocycles. The van der Waals surface area contributed by atoms with Crippen molar-refractivity contribution in [3.05, 3.63) is 68.5 Å². The Morgan fingerprint density at radius 2 is 1.80 bits per heavy atom. The van der Waals surface area contributed by atoms with E-state index in [2.05, 4.69) is 5.32 Å². The minimum atomic E-state index is -0.438. The zero-order valence-corrected chi connectivity index (χ0v) is 14.8. The summed E-state index contributed by atoms with van der Waals surface area (Å²) >= 11 is 0. The van der Waals surface area contributed by atoms with Crippen molar-refractivity contribution in [1.82, 2.24) is 14.5 Å². The Balaban J connectivity index is 2.02. The molecule has 0 aliphatic carbocycles. The molecule has 0 saturated carbocycles. The van der Waals surface area contributed by atoms with E-state index in [0.717, 1.165) is 15.8 Å². The second-order valence-electron chi connectivity index (χ2n) is 5.95. The van der Waals surface area contributed by atoms with Gasteiger partial charge in [-0.25, -0.2) is 4.79 Å². The largest absolute Gasteiger partial charge is 0.378 e. The number of nitrogens with one attached hydrogen (secondary N) is 1. The van der Waals surface area contributed by atoms with E-state index in [4.69, 9.17) is 0 Å². The van der Waals surface area contributed by atoms with Crippen LogP contribution in [0.2, 0.25) is 0 Å². The van der Waals surface area contributed by atoms with Crippen LogP contribution in [0.4, 0.5) is 5.69 Å². The van der Waals surface area contributed by atoms with Crippen LogP contribution in [0, 0.1) is 0 Å². The van der Waals surface area contributed by atoms with Crippen molar-refractivity contribution < 1.29 is 4.79 Å². The number of aryl methyl sites for hydroxylation is 1. The molecule has 0 bridgehead atoms. The molecule has 0 spiro atoms. The van der Waals surface area contributed by atoms with E-state index in [1.54, 1.807) is 7.05 Å². The lowest BCUT2D eigenvalue weighted by molar-refractivity contribution is -0.116. The van der Waals surface area contributed by atoms with Gasteiger partial charge >= 0.3 is 5.69 Å². The van der Waals surface area contributed by atoms with Crippen molar-refractivity contribution in [3.8, 4) is 0 Å². The third-order valence-electron chi connectivity index (χ3n) is 3.81. The van der Waals surface area contributed by atoms with Crippen molar-refractivity contribution in [2.45, 2.75) is 6.54 Å². The van der Waals surface area contributed by atoms with Crippen molar-refractivity contribution in [2.75, 3.05) is 19.0 Å². The molecule has 2 rings (SSSR count). The van der Waals surface area contributed by atoms with Gasteiger partial charge in [0.1, 0.15) is 0 Å². The first-order valence-electron chi connectivity index (χ1n) is 7.78. The first kappa shape index (κ1) is 18.3. The number of rotatable bonds is 5.